The molecular formula is C25H26O4. The lowest BCUT2D eigenvalue weighted by Gasteiger charge is -2.24. The molecule has 0 amide bonds. The Bertz CT molecular complexity index is 1060. The van der Waals surface area contributed by atoms with Crippen LogP contribution in [0, 0.1) is 5.92 Å². The zero-order chi connectivity index (χ0) is 20.9. The number of carbonyl (C=O) groups excluding carboxylic acids is 2. The second-order valence-corrected chi connectivity index (χ2v) is 8.16. The quantitative estimate of drug-likeness (QED) is 0.380. The van der Waals surface area contributed by atoms with Crippen LogP contribution < -0.4 is 9.47 Å². The first-order valence-corrected chi connectivity index (χ1v) is 10.2. The van der Waals surface area contributed by atoms with Crippen LogP contribution >= 0.6 is 0 Å². The fourth-order valence-corrected chi connectivity index (χ4v) is 4.99. The van der Waals surface area contributed by atoms with Gasteiger partial charge < -0.3 is 9.47 Å². The summed E-state index contributed by atoms with van der Waals surface area (Å²) in [4.78, 5) is 24.6. The molecule has 0 heterocycles. The molecule has 0 saturated heterocycles. The van der Waals surface area contributed by atoms with Crippen molar-refractivity contribution < 1.29 is 19.1 Å². The van der Waals surface area contributed by atoms with Crippen LogP contribution in [0.5, 0.6) is 11.5 Å². The highest BCUT2D eigenvalue weighted by molar-refractivity contribution is 6.02. The zero-order valence-electron chi connectivity index (χ0n) is 17.2. The molecule has 150 valence electrons. The van der Waals surface area contributed by atoms with E-state index in [1.54, 1.807) is 6.92 Å². The Balaban J connectivity index is 2.06. The fourth-order valence-electron chi connectivity index (χ4n) is 4.99. The van der Waals surface area contributed by atoms with Gasteiger partial charge in [0.1, 0.15) is 11.5 Å². The Kier molecular flexibility index (Phi) is 4.81. The first-order chi connectivity index (χ1) is 13.9. The van der Waals surface area contributed by atoms with Gasteiger partial charge in [-0.1, -0.05) is 39.1 Å². The van der Waals surface area contributed by atoms with Gasteiger partial charge in [-0.05, 0) is 55.6 Å². The van der Waals surface area contributed by atoms with Gasteiger partial charge in [-0.15, -0.1) is 0 Å². The summed E-state index contributed by atoms with van der Waals surface area (Å²) in [6, 6.07) is 6.04. The minimum Gasteiger partial charge on any atom is -0.422 e. The van der Waals surface area contributed by atoms with Crippen molar-refractivity contribution in [2.24, 2.45) is 5.92 Å². The molecule has 1 saturated carbocycles. The summed E-state index contributed by atoms with van der Waals surface area (Å²) in [5.41, 5.74) is 3.53. The van der Waals surface area contributed by atoms with E-state index in [0.717, 1.165) is 46.7 Å². The Morgan fingerprint density at radius 1 is 1.10 bits per heavy atom. The maximum Gasteiger partial charge on any atom is 0.338 e. The summed E-state index contributed by atoms with van der Waals surface area (Å²) in [5, 5.41) is 1.60. The Morgan fingerprint density at radius 3 is 2.28 bits per heavy atom. The number of hydrogen-bond donors (Lipinski definition) is 0. The van der Waals surface area contributed by atoms with Crippen molar-refractivity contribution in [2.45, 2.75) is 51.9 Å². The summed E-state index contributed by atoms with van der Waals surface area (Å²) in [5.74, 6) is 1.29. The normalized spacial score (nSPS) is 21.7. The molecule has 2 aliphatic carbocycles. The van der Waals surface area contributed by atoms with Gasteiger partial charge in [0.05, 0.1) is 0 Å². The molecule has 0 aromatic heterocycles. The van der Waals surface area contributed by atoms with Crippen molar-refractivity contribution in [1.82, 2.24) is 0 Å². The van der Waals surface area contributed by atoms with E-state index in [1.165, 1.54) is 6.08 Å². The van der Waals surface area contributed by atoms with Crippen molar-refractivity contribution in [3.63, 3.8) is 0 Å². The highest BCUT2D eigenvalue weighted by atomic mass is 16.5. The number of ether oxygens (including phenoxy) is 2. The third-order valence-electron chi connectivity index (χ3n) is 6.47. The predicted molar refractivity (Wildman–Crippen MR) is 113 cm³/mol. The molecule has 0 aliphatic heterocycles. The number of fused-ring (bicyclic) bond motifs is 6. The monoisotopic (exact) mass is 390 g/mol. The molecule has 0 N–H and O–H groups in total. The zero-order valence-corrected chi connectivity index (χ0v) is 17.2. The average Bonchev–Trinajstić information content (AvgIpc) is 3.22. The molecule has 2 bridgehead atoms. The molecule has 0 radical (unpaired) electrons. The average molecular weight is 390 g/mol. The smallest absolute Gasteiger partial charge is 0.338 e. The third kappa shape index (κ3) is 2.98. The second kappa shape index (κ2) is 7.18. The Hall–Kier alpha value is -2.88. The molecule has 1 fully saturated rings. The number of benzene rings is 2. The lowest BCUT2D eigenvalue weighted by atomic mass is 9.86. The van der Waals surface area contributed by atoms with Gasteiger partial charge in [-0.3, -0.25) is 0 Å². The maximum absolute atomic E-state index is 12.5. The molecule has 2 aliphatic rings. The summed E-state index contributed by atoms with van der Waals surface area (Å²) < 4.78 is 11.7. The van der Waals surface area contributed by atoms with Crippen LogP contribution in [-0.4, -0.2) is 11.9 Å². The summed E-state index contributed by atoms with van der Waals surface area (Å²) in [6.45, 7) is 13.2. The van der Waals surface area contributed by atoms with Gasteiger partial charge in [0.15, 0.2) is 0 Å². The number of hydrogen-bond acceptors (Lipinski definition) is 4. The van der Waals surface area contributed by atoms with E-state index in [9.17, 15) is 9.59 Å². The molecule has 2 aromatic carbocycles. The molecule has 3 unspecified atom stereocenters. The van der Waals surface area contributed by atoms with Crippen molar-refractivity contribution in [3.8, 4) is 11.5 Å². The molecule has 3 atom stereocenters. The fraction of sp³-hybridized carbons (Fsp3) is 0.360. The first-order valence-electron chi connectivity index (χ1n) is 10.2. The Morgan fingerprint density at radius 2 is 1.72 bits per heavy atom. The van der Waals surface area contributed by atoms with E-state index in [2.05, 4.69) is 27.0 Å². The van der Waals surface area contributed by atoms with Crippen LogP contribution in [-0.2, 0) is 16.0 Å². The van der Waals surface area contributed by atoms with Crippen molar-refractivity contribution in [1.29, 1.82) is 0 Å². The number of esters is 2. The van der Waals surface area contributed by atoms with Gasteiger partial charge in [0.25, 0.3) is 0 Å². The van der Waals surface area contributed by atoms with E-state index >= 15 is 0 Å². The van der Waals surface area contributed by atoms with Crippen LogP contribution in [0.15, 0.2) is 43.0 Å². The van der Waals surface area contributed by atoms with Crippen molar-refractivity contribution in [3.05, 3.63) is 59.7 Å². The highest BCUT2D eigenvalue weighted by Gasteiger charge is 2.48. The summed E-state index contributed by atoms with van der Waals surface area (Å²) >= 11 is 0. The van der Waals surface area contributed by atoms with E-state index in [0.29, 0.717) is 34.8 Å². The number of rotatable bonds is 5. The van der Waals surface area contributed by atoms with Gasteiger partial charge in [-0.2, -0.15) is 0 Å². The highest BCUT2D eigenvalue weighted by Crippen LogP contribution is 2.63. The van der Waals surface area contributed by atoms with Crippen molar-refractivity contribution >= 4 is 22.7 Å². The summed E-state index contributed by atoms with van der Waals surface area (Å²) in [6.07, 6.45) is 4.13. The Labute approximate surface area is 171 Å². The second-order valence-electron chi connectivity index (χ2n) is 8.16. The van der Waals surface area contributed by atoms with Crippen molar-refractivity contribution in [2.75, 3.05) is 0 Å². The van der Waals surface area contributed by atoms with E-state index in [-0.39, 0.29) is 0 Å². The lowest BCUT2D eigenvalue weighted by Crippen LogP contribution is -2.14. The topological polar surface area (TPSA) is 52.6 Å². The molecular weight excluding hydrogens is 364 g/mol. The van der Waals surface area contributed by atoms with E-state index in [1.807, 2.05) is 18.2 Å². The largest absolute Gasteiger partial charge is 0.422 e. The van der Waals surface area contributed by atoms with Gasteiger partial charge >= 0.3 is 11.9 Å². The molecule has 2 aromatic rings. The predicted octanol–water partition coefficient (Wildman–Crippen LogP) is 5.59. The molecule has 0 spiro atoms. The van der Waals surface area contributed by atoms with Gasteiger partial charge in [0, 0.05) is 33.5 Å². The maximum atomic E-state index is 12.5. The standard InChI is InChI=1S/C25H26O4/c1-6-15-8-9-18-19(12-15)24(29-25(27)13(3)4)22-17-11-10-16(14(17)5)21(22)23(18)28-20(26)7-2/h7-9,12,14,16-17H,2-3,6,10-11H2,1,4-5H3. The van der Waals surface area contributed by atoms with Gasteiger partial charge in [-0.25, -0.2) is 9.59 Å². The van der Waals surface area contributed by atoms with Gasteiger partial charge in [0.2, 0.25) is 0 Å². The first kappa shape index (κ1) is 19.4. The molecule has 4 heteroatoms. The number of carbonyl (C=O) groups is 2. The minimum absolute atomic E-state index is 0.291. The van der Waals surface area contributed by atoms with Crippen LogP contribution in [0.25, 0.3) is 10.8 Å². The SMILES string of the molecule is C=CC(=O)Oc1c2c(c(OC(=O)C(=C)C)c3cc(CC)ccc13)C1CCC2C1C. The van der Waals surface area contributed by atoms with Crippen LogP contribution in [0.1, 0.15) is 62.1 Å². The summed E-state index contributed by atoms with van der Waals surface area (Å²) in [7, 11) is 0. The third-order valence-corrected chi connectivity index (χ3v) is 6.47. The van der Waals surface area contributed by atoms with Crippen LogP contribution in [0.4, 0.5) is 0 Å². The van der Waals surface area contributed by atoms with E-state index < -0.39 is 11.9 Å². The number of aryl methyl sites for hydroxylation is 1. The molecule has 29 heavy (non-hydrogen) atoms. The lowest BCUT2D eigenvalue weighted by molar-refractivity contribution is -0.130. The van der Waals surface area contributed by atoms with E-state index in [4.69, 9.17) is 9.47 Å². The van der Waals surface area contributed by atoms with Crippen LogP contribution in [0.2, 0.25) is 0 Å². The van der Waals surface area contributed by atoms with Crippen LogP contribution in [0.3, 0.4) is 0 Å². The minimum atomic E-state index is -0.477. The molecule has 4 nitrogen and oxygen atoms in total. The molecule has 4 rings (SSSR count).